The number of carbonyl (C=O) groups is 1. The van der Waals surface area contributed by atoms with Crippen molar-refractivity contribution in [2.24, 2.45) is 0 Å². The molecule has 3 N–H and O–H groups in total. The number of aryl methyl sites for hydroxylation is 1. The molecule has 1 rings (SSSR count). The number of rotatable bonds is 4. The highest BCUT2D eigenvalue weighted by molar-refractivity contribution is 9.10. The minimum Gasteiger partial charge on any atom is -0.507 e. The smallest absolute Gasteiger partial charge is 0.233 e. The van der Waals surface area contributed by atoms with Crippen molar-refractivity contribution in [3.8, 4) is 5.75 Å². The zero-order valence-corrected chi connectivity index (χ0v) is 10.9. The normalized spacial score (nSPS) is 10.2. The molecule has 0 aliphatic rings. The van der Waals surface area contributed by atoms with Crippen molar-refractivity contribution < 1.29 is 9.90 Å². The lowest BCUT2D eigenvalue weighted by atomic mass is 10.1. The van der Waals surface area contributed by atoms with Gasteiger partial charge in [0.1, 0.15) is 5.75 Å². The second-order valence-corrected chi connectivity index (χ2v) is 4.42. The van der Waals surface area contributed by atoms with E-state index >= 15 is 0 Å². The molecular weight excluding hydrogens is 272 g/mol. The van der Waals surface area contributed by atoms with E-state index in [4.69, 9.17) is 0 Å². The predicted octanol–water partition coefficient (Wildman–Crippen LogP) is 1.30. The van der Waals surface area contributed by atoms with Crippen molar-refractivity contribution in [1.29, 1.82) is 0 Å². The van der Waals surface area contributed by atoms with Gasteiger partial charge >= 0.3 is 0 Å². The first-order valence-corrected chi connectivity index (χ1v) is 5.73. The van der Waals surface area contributed by atoms with Gasteiger partial charge in [-0.25, -0.2) is 0 Å². The van der Waals surface area contributed by atoms with Crippen molar-refractivity contribution in [3.05, 3.63) is 27.7 Å². The van der Waals surface area contributed by atoms with Crippen molar-refractivity contribution in [2.45, 2.75) is 13.5 Å². The molecule has 1 aromatic carbocycles. The van der Waals surface area contributed by atoms with Crippen LogP contribution in [0.2, 0.25) is 0 Å². The first kappa shape index (κ1) is 13.0. The third kappa shape index (κ3) is 3.50. The maximum atomic E-state index is 11.0. The van der Waals surface area contributed by atoms with E-state index in [0.717, 1.165) is 15.6 Å². The molecule has 0 fully saturated rings. The largest absolute Gasteiger partial charge is 0.507 e. The standard InChI is InChI=1S/C11H15BrN2O2/c1-7-3-9(12)4-8(11(7)16)5-14-6-10(15)13-2/h3-4,14,16H,5-6H2,1-2H3,(H,13,15). The van der Waals surface area contributed by atoms with Gasteiger partial charge < -0.3 is 15.7 Å². The van der Waals surface area contributed by atoms with E-state index in [1.54, 1.807) is 7.05 Å². The summed E-state index contributed by atoms with van der Waals surface area (Å²) in [5.74, 6) is 0.193. The van der Waals surface area contributed by atoms with Gasteiger partial charge in [-0.05, 0) is 24.6 Å². The third-order valence-corrected chi connectivity index (χ3v) is 2.68. The molecule has 16 heavy (non-hydrogen) atoms. The first-order chi connectivity index (χ1) is 7.54. The van der Waals surface area contributed by atoms with E-state index in [2.05, 4.69) is 26.6 Å². The quantitative estimate of drug-likeness (QED) is 0.782. The van der Waals surface area contributed by atoms with Crippen molar-refractivity contribution in [3.63, 3.8) is 0 Å². The molecule has 0 aromatic heterocycles. The van der Waals surface area contributed by atoms with Crippen LogP contribution in [-0.2, 0) is 11.3 Å². The molecule has 1 aromatic rings. The number of carbonyl (C=O) groups excluding carboxylic acids is 1. The highest BCUT2D eigenvalue weighted by Crippen LogP contribution is 2.26. The van der Waals surface area contributed by atoms with Crippen molar-refractivity contribution in [1.82, 2.24) is 10.6 Å². The molecule has 1 amide bonds. The second kappa shape index (κ2) is 5.86. The lowest BCUT2D eigenvalue weighted by molar-refractivity contribution is -0.119. The number of phenolic OH excluding ortho intramolecular Hbond substituents is 1. The van der Waals surface area contributed by atoms with E-state index in [-0.39, 0.29) is 18.2 Å². The van der Waals surface area contributed by atoms with E-state index in [0.29, 0.717) is 6.54 Å². The Bertz CT molecular complexity index is 394. The molecule has 0 unspecified atom stereocenters. The van der Waals surface area contributed by atoms with Gasteiger partial charge in [-0.2, -0.15) is 0 Å². The van der Waals surface area contributed by atoms with Crippen LogP contribution in [0.15, 0.2) is 16.6 Å². The monoisotopic (exact) mass is 286 g/mol. The number of hydrogen-bond acceptors (Lipinski definition) is 3. The maximum absolute atomic E-state index is 11.0. The number of phenols is 1. The lowest BCUT2D eigenvalue weighted by Gasteiger charge is -2.09. The minimum atomic E-state index is -0.0776. The molecule has 0 saturated carbocycles. The Morgan fingerprint density at radius 1 is 1.50 bits per heavy atom. The topological polar surface area (TPSA) is 61.4 Å². The van der Waals surface area contributed by atoms with Gasteiger partial charge in [-0.3, -0.25) is 4.79 Å². The van der Waals surface area contributed by atoms with Gasteiger partial charge in [-0.15, -0.1) is 0 Å². The molecule has 0 saturated heterocycles. The molecule has 0 atom stereocenters. The summed E-state index contributed by atoms with van der Waals surface area (Å²) < 4.78 is 0.916. The number of benzene rings is 1. The predicted molar refractivity (Wildman–Crippen MR) is 66.3 cm³/mol. The van der Waals surface area contributed by atoms with Gasteiger partial charge in [0.15, 0.2) is 0 Å². The van der Waals surface area contributed by atoms with E-state index < -0.39 is 0 Å². The number of hydrogen-bond donors (Lipinski definition) is 3. The highest BCUT2D eigenvalue weighted by Gasteiger charge is 2.06. The molecule has 0 aliphatic carbocycles. The van der Waals surface area contributed by atoms with Gasteiger partial charge in [0.05, 0.1) is 6.54 Å². The number of likely N-dealkylation sites (N-methyl/N-ethyl adjacent to an activating group) is 1. The number of nitrogens with one attached hydrogen (secondary N) is 2. The van der Waals surface area contributed by atoms with Crippen LogP contribution in [0.5, 0.6) is 5.75 Å². The van der Waals surface area contributed by atoms with Crippen LogP contribution in [0.3, 0.4) is 0 Å². The molecule has 5 heteroatoms. The molecule has 0 spiro atoms. The average Bonchev–Trinajstić information content (AvgIpc) is 2.24. The zero-order valence-electron chi connectivity index (χ0n) is 9.30. The summed E-state index contributed by atoms with van der Waals surface area (Å²) in [6, 6.07) is 3.68. The second-order valence-electron chi connectivity index (χ2n) is 3.51. The Morgan fingerprint density at radius 3 is 2.81 bits per heavy atom. The van der Waals surface area contributed by atoms with Crippen LogP contribution in [0.25, 0.3) is 0 Å². The molecule has 0 radical (unpaired) electrons. The van der Waals surface area contributed by atoms with Crippen LogP contribution in [0, 0.1) is 6.92 Å². The SMILES string of the molecule is CNC(=O)CNCc1cc(Br)cc(C)c1O. The fourth-order valence-electron chi connectivity index (χ4n) is 1.34. The minimum absolute atomic E-state index is 0.0776. The Kier molecular flexibility index (Phi) is 4.76. The Balaban J connectivity index is 2.63. The molecule has 0 aliphatic heterocycles. The van der Waals surface area contributed by atoms with E-state index in [1.165, 1.54) is 0 Å². The number of halogens is 1. The first-order valence-electron chi connectivity index (χ1n) is 4.94. The summed E-state index contributed by atoms with van der Waals surface area (Å²) in [4.78, 5) is 11.0. The maximum Gasteiger partial charge on any atom is 0.233 e. The van der Waals surface area contributed by atoms with E-state index in [9.17, 15) is 9.90 Å². The fourth-order valence-corrected chi connectivity index (χ4v) is 1.96. The summed E-state index contributed by atoms with van der Waals surface area (Å²) in [6.45, 7) is 2.53. The Labute approximate surface area is 103 Å². The average molecular weight is 287 g/mol. The summed E-state index contributed by atoms with van der Waals surface area (Å²) in [7, 11) is 1.59. The number of aromatic hydroxyl groups is 1. The van der Waals surface area contributed by atoms with Gasteiger partial charge in [-0.1, -0.05) is 15.9 Å². The molecular formula is C11H15BrN2O2. The summed E-state index contributed by atoms with van der Waals surface area (Å²) in [6.07, 6.45) is 0. The molecule has 0 bridgehead atoms. The molecule has 0 heterocycles. The molecule has 4 nitrogen and oxygen atoms in total. The summed E-state index contributed by atoms with van der Waals surface area (Å²) in [5.41, 5.74) is 1.59. The third-order valence-electron chi connectivity index (χ3n) is 2.22. The van der Waals surface area contributed by atoms with Crippen LogP contribution >= 0.6 is 15.9 Å². The van der Waals surface area contributed by atoms with Crippen LogP contribution in [0.4, 0.5) is 0 Å². The lowest BCUT2D eigenvalue weighted by Crippen LogP contribution is -2.31. The van der Waals surface area contributed by atoms with Crippen molar-refractivity contribution in [2.75, 3.05) is 13.6 Å². The van der Waals surface area contributed by atoms with Crippen LogP contribution in [-0.4, -0.2) is 24.6 Å². The van der Waals surface area contributed by atoms with Gasteiger partial charge in [0, 0.05) is 23.6 Å². The van der Waals surface area contributed by atoms with Gasteiger partial charge in [0.25, 0.3) is 0 Å². The summed E-state index contributed by atoms with van der Waals surface area (Å²) in [5, 5.41) is 15.3. The fraction of sp³-hybridized carbons (Fsp3) is 0.364. The molecule has 88 valence electrons. The highest BCUT2D eigenvalue weighted by atomic mass is 79.9. The summed E-state index contributed by atoms with van der Waals surface area (Å²) >= 11 is 3.36. The Morgan fingerprint density at radius 2 is 2.19 bits per heavy atom. The van der Waals surface area contributed by atoms with Gasteiger partial charge in [0.2, 0.25) is 5.91 Å². The Hall–Kier alpha value is -1.07. The number of amides is 1. The van der Waals surface area contributed by atoms with E-state index in [1.807, 2.05) is 19.1 Å². The zero-order chi connectivity index (χ0) is 12.1. The van der Waals surface area contributed by atoms with Crippen LogP contribution in [0.1, 0.15) is 11.1 Å². The van der Waals surface area contributed by atoms with Crippen molar-refractivity contribution >= 4 is 21.8 Å². The van der Waals surface area contributed by atoms with Crippen LogP contribution < -0.4 is 10.6 Å².